The van der Waals surface area contributed by atoms with E-state index in [0.717, 1.165) is 22.4 Å². The molecule has 0 radical (unpaired) electrons. The number of aromatic amines is 1. The van der Waals surface area contributed by atoms with Crippen molar-refractivity contribution in [3.05, 3.63) is 52.9 Å². The van der Waals surface area contributed by atoms with E-state index in [9.17, 15) is 4.79 Å². The van der Waals surface area contributed by atoms with Crippen LogP contribution in [0.1, 0.15) is 0 Å². The Hall–Kier alpha value is -2.69. The number of H-pyrrole nitrogens is 1. The van der Waals surface area contributed by atoms with Gasteiger partial charge in [0.25, 0.3) is 0 Å². The maximum absolute atomic E-state index is 12.2. The van der Waals surface area contributed by atoms with Crippen LogP contribution in [0.25, 0.3) is 16.7 Å². The zero-order chi connectivity index (χ0) is 14.3. The Bertz CT molecular complexity index is 829. The zero-order valence-electron chi connectivity index (χ0n) is 11.4. The lowest BCUT2D eigenvalue weighted by Gasteiger charge is -2.14. The largest absolute Gasteiger partial charge is 0.399 e. The third-order valence-electron chi connectivity index (χ3n) is 3.31. The van der Waals surface area contributed by atoms with Crippen LogP contribution < -0.4 is 16.3 Å². The van der Waals surface area contributed by atoms with Crippen molar-refractivity contribution in [3.63, 3.8) is 0 Å². The standard InChI is InChI=1S/C15H16N4O/c1-18(2)11-4-3-5-12(9-11)19-14-8-10(16)6-7-13(14)17-15(19)20/h3-9H,16H2,1-2H3,(H,17,20). The van der Waals surface area contributed by atoms with Crippen LogP contribution in [0.5, 0.6) is 0 Å². The molecule has 0 atom stereocenters. The summed E-state index contributed by atoms with van der Waals surface area (Å²) < 4.78 is 1.64. The third-order valence-corrected chi connectivity index (χ3v) is 3.31. The minimum absolute atomic E-state index is 0.165. The minimum Gasteiger partial charge on any atom is -0.399 e. The van der Waals surface area contributed by atoms with Gasteiger partial charge < -0.3 is 15.6 Å². The summed E-state index contributed by atoms with van der Waals surface area (Å²) in [7, 11) is 3.93. The fourth-order valence-corrected chi connectivity index (χ4v) is 2.29. The number of rotatable bonds is 2. The van der Waals surface area contributed by atoms with Crippen molar-refractivity contribution in [2.45, 2.75) is 0 Å². The number of nitrogens with zero attached hydrogens (tertiary/aromatic N) is 2. The Kier molecular flexibility index (Phi) is 2.75. The Morgan fingerprint density at radius 2 is 1.95 bits per heavy atom. The molecule has 0 aliphatic heterocycles. The molecule has 0 aliphatic rings. The predicted molar refractivity (Wildman–Crippen MR) is 82.6 cm³/mol. The molecule has 20 heavy (non-hydrogen) atoms. The first-order chi connectivity index (χ1) is 9.56. The number of nitrogen functional groups attached to an aromatic ring is 1. The molecule has 0 aliphatic carbocycles. The predicted octanol–water partition coefficient (Wildman–Crippen LogP) is 1.97. The molecule has 0 fully saturated rings. The van der Waals surface area contributed by atoms with E-state index in [-0.39, 0.29) is 5.69 Å². The van der Waals surface area contributed by atoms with Crippen molar-refractivity contribution in [2.75, 3.05) is 24.7 Å². The van der Waals surface area contributed by atoms with Gasteiger partial charge in [-0.05, 0) is 36.4 Å². The van der Waals surface area contributed by atoms with Gasteiger partial charge >= 0.3 is 5.69 Å². The number of imidazole rings is 1. The van der Waals surface area contributed by atoms with Crippen molar-refractivity contribution in [2.24, 2.45) is 0 Å². The van der Waals surface area contributed by atoms with E-state index in [2.05, 4.69) is 4.98 Å². The number of hydrogen-bond donors (Lipinski definition) is 2. The molecule has 3 rings (SSSR count). The summed E-state index contributed by atoms with van der Waals surface area (Å²) in [5.41, 5.74) is 9.70. The monoisotopic (exact) mass is 268 g/mol. The van der Waals surface area contributed by atoms with E-state index < -0.39 is 0 Å². The molecule has 0 unspecified atom stereocenters. The second-order valence-electron chi connectivity index (χ2n) is 4.96. The van der Waals surface area contributed by atoms with Gasteiger partial charge in [-0.15, -0.1) is 0 Å². The van der Waals surface area contributed by atoms with Gasteiger partial charge in [-0.3, -0.25) is 4.57 Å². The zero-order valence-corrected chi connectivity index (χ0v) is 11.4. The van der Waals surface area contributed by atoms with Crippen molar-refractivity contribution in [3.8, 4) is 5.69 Å². The van der Waals surface area contributed by atoms with Crippen molar-refractivity contribution >= 4 is 22.4 Å². The van der Waals surface area contributed by atoms with Crippen molar-refractivity contribution in [1.82, 2.24) is 9.55 Å². The molecule has 1 heterocycles. The second-order valence-corrected chi connectivity index (χ2v) is 4.96. The van der Waals surface area contributed by atoms with E-state index >= 15 is 0 Å². The van der Waals surface area contributed by atoms with Gasteiger partial charge in [0.1, 0.15) is 0 Å². The van der Waals surface area contributed by atoms with Gasteiger partial charge in [0.2, 0.25) is 0 Å². The molecule has 3 aromatic rings. The molecule has 2 aromatic carbocycles. The number of aromatic nitrogens is 2. The molecule has 0 bridgehead atoms. The Morgan fingerprint density at radius 1 is 1.15 bits per heavy atom. The van der Waals surface area contributed by atoms with E-state index in [1.807, 2.05) is 49.3 Å². The smallest absolute Gasteiger partial charge is 0.331 e. The Morgan fingerprint density at radius 3 is 2.70 bits per heavy atom. The highest BCUT2D eigenvalue weighted by Crippen LogP contribution is 2.21. The van der Waals surface area contributed by atoms with E-state index in [1.165, 1.54) is 0 Å². The van der Waals surface area contributed by atoms with Gasteiger partial charge in [-0.25, -0.2) is 4.79 Å². The number of fused-ring (bicyclic) bond motifs is 1. The van der Waals surface area contributed by atoms with Crippen LogP contribution >= 0.6 is 0 Å². The number of nitrogens with one attached hydrogen (secondary N) is 1. The lowest BCUT2D eigenvalue weighted by molar-refractivity contribution is 1.01. The molecule has 5 nitrogen and oxygen atoms in total. The summed E-state index contributed by atoms with van der Waals surface area (Å²) in [5, 5.41) is 0. The topological polar surface area (TPSA) is 67.0 Å². The minimum atomic E-state index is -0.165. The van der Waals surface area contributed by atoms with Crippen LogP contribution in [0, 0.1) is 0 Å². The van der Waals surface area contributed by atoms with Crippen LogP contribution in [-0.4, -0.2) is 23.6 Å². The summed E-state index contributed by atoms with van der Waals surface area (Å²) >= 11 is 0. The first-order valence-electron chi connectivity index (χ1n) is 6.34. The van der Waals surface area contributed by atoms with Gasteiger partial charge in [0, 0.05) is 25.5 Å². The maximum Gasteiger partial charge on any atom is 0.331 e. The normalized spacial score (nSPS) is 10.9. The van der Waals surface area contributed by atoms with Crippen LogP contribution in [0.3, 0.4) is 0 Å². The SMILES string of the molecule is CN(C)c1cccc(-n2c(=O)[nH]c3ccc(N)cc32)c1. The molecular weight excluding hydrogens is 252 g/mol. The number of hydrogen-bond acceptors (Lipinski definition) is 3. The van der Waals surface area contributed by atoms with Crippen molar-refractivity contribution < 1.29 is 0 Å². The quantitative estimate of drug-likeness (QED) is 0.698. The number of nitrogens with two attached hydrogens (primary N) is 1. The average Bonchev–Trinajstić information content (AvgIpc) is 2.74. The molecule has 0 saturated carbocycles. The van der Waals surface area contributed by atoms with Gasteiger partial charge in [0.05, 0.1) is 16.7 Å². The first-order valence-corrected chi connectivity index (χ1v) is 6.34. The highest BCUT2D eigenvalue weighted by Gasteiger charge is 2.09. The molecule has 0 spiro atoms. The van der Waals surface area contributed by atoms with Gasteiger partial charge in [0.15, 0.2) is 0 Å². The van der Waals surface area contributed by atoms with Crippen LogP contribution in [0.15, 0.2) is 47.3 Å². The molecule has 5 heteroatoms. The molecule has 3 N–H and O–H groups in total. The number of anilines is 2. The van der Waals surface area contributed by atoms with Gasteiger partial charge in [-0.1, -0.05) is 6.07 Å². The number of benzene rings is 2. The van der Waals surface area contributed by atoms with E-state index in [1.54, 1.807) is 16.7 Å². The lowest BCUT2D eigenvalue weighted by atomic mass is 10.2. The Balaban J connectivity index is 2.29. The molecular formula is C15H16N4O. The molecule has 0 saturated heterocycles. The summed E-state index contributed by atoms with van der Waals surface area (Å²) in [6.45, 7) is 0. The third kappa shape index (κ3) is 1.93. The summed E-state index contributed by atoms with van der Waals surface area (Å²) in [4.78, 5) is 17.0. The van der Waals surface area contributed by atoms with Crippen LogP contribution in [0.4, 0.5) is 11.4 Å². The highest BCUT2D eigenvalue weighted by molar-refractivity contribution is 5.81. The highest BCUT2D eigenvalue weighted by atomic mass is 16.1. The van der Waals surface area contributed by atoms with Crippen LogP contribution in [-0.2, 0) is 0 Å². The van der Waals surface area contributed by atoms with Gasteiger partial charge in [-0.2, -0.15) is 0 Å². The lowest BCUT2D eigenvalue weighted by Crippen LogP contribution is -2.15. The average molecular weight is 268 g/mol. The summed E-state index contributed by atoms with van der Waals surface area (Å²) in [6, 6.07) is 13.2. The van der Waals surface area contributed by atoms with Crippen LogP contribution in [0.2, 0.25) is 0 Å². The Labute approximate surface area is 116 Å². The fraction of sp³-hybridized carbons (Fsp3) is 0.133. The maximum atomic E-state index is 12.2. The summed E-state index contributed by atoms with van der Waals surface area (Å²) in [6.07, 6.45) is 0. The second kappa shape index (κ2) is 4.45. The molecule has 0 amide bonds. The summed E-state index contributed by atoms with van der Waals surface area (Å²) in [5.74, 6) is 0. The fourth-order valence-electron chi connectivity index (χ4n) is 2.29. The molecule has 102 valence electrons. The van der Waals surface area contributed by atoms with E-state index in [4.69, 9.17) is 5.73 Å². The van der Waals surface area contributed by atoms with E-state index in [0.29, 0.717) is 5.69 Å². The van der Waals surface area contributed by atoms with Crippen molar-refractivity contribution in [1.29, 1.82) is 0 Å². The first kappa shape index (κ1) is 12.3. The molecule has 1 aromatic heterocycles.